The first kappa shape index (κ1) is 17.0. The van der Waals surface area contributed by atoms with Gasteiger partial charge in [0.2, 0.25) is 5.71 Å². The Hall–Kier alpha value is -2.85. The monoisotopic (exact) mass is 352 g/mol. The highest BCUT2D eigenvalue weighted by atomic mass is 32.2. The highest BCUT2D eigenvalue weighted by molar-refractivity contribution is 8.00. The molecular weight excluding hydrogens is 336 g/mol. The van der Waals surface area contributed by atoms with Gasteiger partial charge >= 0.3 is 0 Å². The number of rotatable bonds is 4. The van der Waals surface area contributed by atoms with Gasteiger partial charge in [-0.2, -0.15) is 10.2 Å². The number of nitrogens with one attached hydrogen (secondary N) is 1. The number of aromatic nitrogens is 2. The van der Waals surface area contributed by atoms with Crippen molar-refractivity contribution in [2.24, 2.45) is 0 Å². The summed E-state index contributed by atoms with van der Waals surface area (Å²) in [6, 6.07) is 11.0. The molecule has 6 nitrogen and oxygen atoms in total. The first-order chi connectivity index (χ1) is 12.0. The quantitative estimate of drug-likeness (QED) is 0.561. The van der Waals surface area contributed by atoms with Crippen LogP contribution in [0, 0.1) is 25.2 Å². The average molecular weight is 352 g/mol. The van der Waals surface area contributed by atoms with Gasteiger partial charge in [-0.05, 0) is 32.9 Å². The summed E-state index contributed by atoms with van der Waals surface area (Å²) >= 11 is 1.22. The zero-order valence-electron chi connectivity index (χ0n) is 14.0. The van der Waals surface area contributed by atoms with Gasteiger partial charge in [-0.1, -0.05) is 30.0 Å². The number of nitriles is 1. The molecule has 2 heterocycles. The maximum absolute atomic E-state index is 12.5. The number of furan rings is 1. The SMILES string of the molecule is Cc1oc2nc(S[C@@H](C)C#N)nc(NC(=O)c3ccccc3)c2c1C. The van der Waals surface area contributed by atoms with E-state index in [9.17, 15) is 4.79 Å². The molecule has 126 valence electrons. The van der Waals surface area contributed by atoms with E-state index in [1.54, 1.807) is 31.2 Å². The van der Waals surface area contributed by atoms with Crippen LogP contribution in [0.4, 0.5) is 5.82 Å². The number of carbonyl (C=O) groups is 1. The van der Waals surface area contributed by atoms with Gasteiger partial charge in [0.05, 0.1) is 16.7 Å². The highest BCUT2D eigenvalue weighted by Gasteiger charge is 2.19. The van der Waals surface area contributed by atoms with E-state index in [2.05, 4.69) is 21.4 Å². The lowest BCUT2D eigenvalue weighted by Gasteiger charge is -2.08. The third-order valence-corrected chi connectivity index (χ3v) is 4.59. The lowest BCUT2D eigenvalue weighted by Crippen LogP contribution is -2.14. The molecule has 0 saturated carbocycles. The standard InChI is InChI=1S/C18H16N4O2S/c1-10(9-19)25-18-21-15(14-11(2)12(3)24-17(14)22-18)20-16(23)13-7-5-4-6-8-13/h4-8,10H,1-3H3,(H,20,21,22,23)/t10-/m0/s1. The zero-order chi connectivity index (χ0) is 18.0. The Labute approximate surface area is 149 Å². The Balaban J connectivity index is 2.05. The van der Waals surface area contributed by atoms with Gasteiger partial charge in [0.1, 0.15) is 11.6 Å². The third-order valence-electron chi connectivity index (χ3n) is 3.74. The van der Waals surface area contributed by atoms with Crippen LogP contribution in [0.2, 0.25) is 0 Å². The summed E-state index contributed by atoms with van der Waals surface area (Å²) in [5.41, 5.74) is 1.82. The molecule has 0 aliphatic carbocycles. The smallest absolute Gasteiger partial charge is 0.256 e. The summed E-state index contributed by atoms with van der Waals surface area (Å²) in [7, 11) is 0. The molecule has 0 radical (unpaired) electrons. The molecule has 0 unspecified atom stereocenters. The van der Waals surface area contributed by atoms with Gasteiger partial charge in [0, 0.05) is 11.1 Å². The molecule has 1 atom stereocenters. The number of fused-ring (bicyclic) bond motifs is 1. The average Bonchev–Trinajstić information content (AvgIpc) is 2.89. The molecule has 1 amide bonds. The van der Waals surface area contributed by atoms with Crippen LogP contribution >= 0.6 is 11.8 Å². The largest absolute Gasteiger partial charge is 0.443 e. The van der Waals surface area contributed by atoms with Crippen molar-refractivity contribution in [2.45, 2.75) is 31.2 Å². The minimum absolute atomic E-state index is 0.261. The van der Waals surface area contributed by atoms with Gasteiger partial charge in [0.25, 0.3) is 5.91 Å². The van der Waals surface area contributed by atoms with E-state index in [0.29, 0.717) is 27.6 Å². The Morgan fingerprint density at radius 3 is 2.68 bits per heavy atom. The Kier molecular flexibility index (Phi) is 4.72. The maximum atomic E-state index is 12.5. The number of amides is 1. The van der Waals surface area contributed by atoms with Crippen LogP contribution in [0.1, 0.15) is 28.6 Å². The van der Waals surface area contributed by atoms with Gasteiger partial charge < -0.3 is 9.73 Å². The summed E-state index contributed by atoms with van der Waals surface area (Å²) in [4.78, 5) is 21.3. The maximum Gasteiger partial charge on any atom is 0.256 e. The molecule has 0 aliphatic heterocycles. The first-order valence-electron chi connectivity index (χ1n) is 7.70. The molecule has 3 rings (SSSR count). The van der Waals surface area contributed by atoms with Gasteiger partial charge in [-0.25, -0.2) is 4.98 Å². The van der Waals surface area contributed by atoms with E-state index in [0.717, 1.165) is 11.3 Å². The van der Waals surface area contributed by atoms with Crippen molar-refractivity contribution < 1.29 is 9.21 Å². The van der Waals surface area contributed by atoms with Crippen LogP contribution in [0.25, 0.3) is 11.1 Å². The fourth-order valence-electron chi connectivity index (χ4n) is 2.33. The lowest BCUT2D eigenvalue weighted by molar-refractivity contribution is 0.102. The van der Waals surface area contributed by atoms with E-state index >= 15 is 0 Å². The van der Waals surface area contributed by atoms with Gasteiger partial charge in [-0.15, -0.1) is 0 Å². The number of nitrogens with zero attached hydrogens (tertiary/aromatic N) is 3. The number of thioether (sulfide) groups is 1. The number of aryl methyl sites for hydroxylation is 2. The van der Waals surface area contributed by atoms with E-state index in [1.807, 2.05) is 19.9 Å². The fourth-order valence-corrected chi connectivity index (χ4v) is 2.98. The molecule has 0 bridgehead atoms. The molecule has 0 spiro atoms. The van der Waals surface area contributed by atoms with Crippen molar-refractivity contribution in [3.05, 3.63) is 47.2 Å². The molecule has 0 saturated heterocycles. The third kappa shape index (κ3) is 3.49. The van der Waals surface area contributed by atoms with E-state index in [4.69, 9.17) is 9.68 Å². The van der Waals surface area contributed by atoms with E-state index in [1.165, 1.54) is 11.8 Å². The molecular formula is C18H16N4O2S. The van der Waals surface area contributed by atoms with Crippen LogP contribution in [0.5, 0.6) is 0 Å². The van der Waals surface area contributed by atoms with E-state index < -0.39 is 0 Å². The molecule has 3 aromatic rings. The minimum atomic E-state index is -0.313. The normalized spacial score (nSPS) is 11.9. The second-order valence-corrected chi connectivity index (χ2v) is 6.84. The van der Waals surface area contributed by atoms with Crippen molar-refractivity contribution in [3.8, 4) is 6.07 Å². The van der Waals surface area contributed by atoms with Crippen LogP contribution in [0.15, 0.2) is 39.9 Å². The fraction of sp³-hybridized carbons (Fsp3) is 0.222. The molecule has 1 aromatic carbocycles. The first-order valence-corrected chi connectivity index (χ1v) is 8.58. The Bertz CT molecular complexity index is 976. The van der Waals surface area contributed by atoms with Crippen LogP contribution in [-0.2, 0) is 0 Å². The highest BCUT2D eigenvalue weighted by Crippen LogP contribution is 2.32. The molecule has 0 fully saturated rings. The van der Waals surface area contributed by atoms with Crippen LogP contribution in [0.3, 0.4) is 0 Å². The summed E-state index contributed by atoms with van der Waals surface area (Å²) < 4.78 is 5.68. The van der Waals surface area contributed by atoms with Crippen molar-refractivity contribution in [1.82, 2.24) is 9.97 Å². The predicted octanol–water partition coefficient (Wildman–Crippen LogP) is 4.10. The van der Waals surface area contributed by atoms with Gasteiger partial charge in [-0.3, -0.25) is 4.79 Å². The molecule has 2 aromatic heterocycles. The van der Waals surface area contributed by atoms with E-state index in [-0.39, 0.29) is 11.2 Å². The van der Waals surface area contributed by atoms with Crippen LogP contribution in [-0.4, -0.2) is 21.1 Å². The zero-order valence-corrected chi connectivity index (χ0v) is 14.8. The second kappa shape index (κ2) is 6.95. The number of benzene rings is 1. The number of anilines is 1. The molecule has 1 N–H and O–H groups in total. The van der Waals surface area contributed by atoms with Crippen molar-refractivity contribution in [3.63, 3.8) is 0 Å². The van der Waals surface area contributed by atoms with Crippen molar-refractivity contribution in [1.29, 1.82) is 5.26 Å². The molecule has 7 heteroatoms. The van der Waals surface area contributed by atoms with Crippen molar-refractivity contribution >= 4 is 34.6 Å². The van der Waals surface area contributed by atoms with Gasteiger partial charge in [0.15, 0.2) is 5.16 Å². The minimum Gasteiger partial charge on any atom is -0.443 e. The number of hydrogen-bond acceptors (Lipinski definition) is 6. The summed E-state index contributed by atoms with van der Waals surface area (Å²) in [5, 5.41) is 12.6. The van der Waals surface area contributed by atoms with Crippen molar-refractivity contribution in [2.75, 3.05) is 5.32 Å². The Morgan fingerprint density at radius 2 is 2.00 bits per heavy atom. The summed E-state index contributed by atoms with van der Waals surface area (Å²) in [6.45, 7) is 5.50. The summed E-state index contributed by atoms with van der Waals surface area (Å²) in [5.74, 6) is 0.846. The topological polar surface area (TPSA) is 91.8 Å². The molecule has 0 aliphatic rings. The predicted molar refractivity (Wildman–Crippen MR) is 96.6 cm³/mol. The lowest BCUT2D eigenvalue weighted by atomic mass is 10.2. The summed E-state index contributed by atoms with van der Waals surface area (Å²) in [6.07, 6.45) is 0. The number of hydrogen-bond donors (Lipinski definition) is 1. The number of carbonyl (C=O) groups excluding carboxylic acids is 1. The molecule has 25 heavy (non-hydrogen) atoms. The van der Waals surface area contributed by atoms with Crippen LogP contribution < -0.4 is 5.32 Å². The second-order valence-electron chi connectivity index (χ2n) is 5.53. The Morgan fingerprint density at radius 1 is 1.28 bits per heavy atom.